The third-order valence-electron chi connectivity index (χ3n) is 3.75. The Balaban J connectivity index is 2.37. The number of rotatable bonds is 5. The Morgan fingerprint density at radius 2 is 1.92 bits per heavy atom. The molecule has 0 aromatic heterocycles. The molecule has 0 saturated heterocycles. The van der Waals surface area contributed by atoms with E-state index < -0.39 is 0 Å². The van der Waals surface area contributed by atoms with E-state index in [1.807, 2.05) is 0 Å². The fourth-order valence-electron chi connectivity index (χ4n) is 2.82. The van der Waals surface area contributed by atoms with Crippen LogP contribution in [0.25, 0.3) is 0 Å². The Morgan fingerprint density at radius 1 is 1.23 bits per heavy atom. The van der Waals surface area contributed by atoms with Crippen molar-refractivity contribution in [2.75, 3.05) is 0 Å². The second-order valence-corrected chi connectivity index (χ2v) is 7.66. The Kier molecular flexibility index (Phi) is 6.33. The van der Waals surface area contributed by atoms with Crippen molar-refractivity contribution >= 4 is 31.1 Å². The van der Waals surface area contributed by atoms with Gasteiger partial charge in [0, 0.05) is 0 Å². The van der Waals surface area contributed by atoms with Crippen molar-refractivity contribution in [2.45, 2.75) is 56.4 Å². The summed E-state index contributed by atoms with van der Waals surface area (Å²) in [6.45, 7) is 4.68. The van der Waals surface area contributed by atoms with Gasteiger partial charge in [-0.25, -0.2) is 0 Å². The van der Waals surface area contributed by atoms with E-state index in [4.69, 9.17) is 0 Å². The van der Waals surface area contributed by atoms with Gasteiger partial charge in [0.25, 0.3) is 0 Å². The lowest BCUT2D eigenvalue weighted by atomic mass is 9.97. The van der Waals surface area contributed by atoms with Crippen LogP contribution in [-0.2, 0) is 0 Å². The number of hydrogen-bond acceptors (Lipinski definition) is 0. The molecule has 1 rings (SSSR count). The van der Waals surface area contributed by atoms with Gasteiger partial charge in [0.15, 0.2) is 0 Å². The van der Waals surface area contributed by atoms with Crippen LogP contribution < -0.4 is 0 Å². The first-order valence-corrected chi connectivity index (χ1v) is 10.6. The summed E-state index contributed by atoms with van der Waals surface area (Å²) >= 11 is 3.90. The Morgan fingerprint density at radius 3 is 2.46 bits per heavy atom. The van der Waals surface area contributed by atoms with Crippen LogP contribution in [0, 0.1) is 11.8 Å². The molecule has 0 spiro atoms. The first-order valence-electron chi connectivity index (χ1n) is 5.89. The maximum absolute atomic E-state index is 3.83. The van der Waals surface area contributed by atoms with Crippen molar-refractivity contribution in [1.82, 2.24) is 0 Å². The summed E-state index contributed by atoms with van der Waals surface area (Å²) in [5.74, 6) is 2.17. The molecule has 0 radical (unpaired) electrons. The topological polar surface area (TPSA) is 0 Å². The van der Waals surface area contributed by atoms with Gasteiger partial charge in [0.1, 0.15) is 0 Å². The quantitative estimate of drug-likeness (QED) is 0.640. The predicted molar refractivity (Wildman–Crippen MR) is 64.5 cm³/mol. The van der Waals surface area contributed by atoms with Gasteiger partial charge in [0.2, 0.25) is 0 Å². The summed E-state index contributed by atoms with van der Waals surface area (Å²) in [5, 5.41) is 0. The molecule has 0 N–H and O–H groups in total. The summed E-state index contributed by atoms with van der Waals surface area (Å²) in [5.41, 5.74) is 0. The fourth-order valence-corrected chi connectivity index (χ4v) is 7.54. The zero-order valence-corrected chi connectivity index (χ0v) is 12.1. The molecule has 0 aliphatic heterocycles. The molecule has 3 atom stereocenters. The molecular formula is C11H21BrMg. The van der Waals surface area contributed by atoms with Gasteiger partial charge in [-0.05, 0) is 0 Å². The average Bonchev–Trinajstić information content (AvgIpc) is 2.56. The molecule has 0 heterocycles. The summed E-state index contributed by atoms with van der Waals surface area (Å²) in [6.07, 6.45) is 8.82. The van der Waals surface area contributed by atoms with E-state index in [2.05, 4.69) is 26.7 Å². The lowest BCUT2D eigenvalue weighted by Gasteiger charge is -2.22. The molecule has 74 valence electrons. The molecule has 0 aromatic carbocycles. The molecule has 0 amide bonds. The van der Waals surface area contributed by atoms with E-state index in [1.165, 1.54) is 38.5 Å². The number of hydrogen-bond donors (Lipinski definition) is 0. The zero-order valence-electron chi connectivity index (χ0n) is 9.06. The zero-order chi connectivity index (χ0) is 9.68. The second kappa shape index (κ2) is 6.68. The predicted octanol–water partition coefficient (Wildman–Crippen LogP) is 4.42. The van der Waals surface area contributed by atoms with Crippen LogP contribution in [-0.4, -0.2) is 18.2 Å². The molecule has 1 aliphatic rings. The summed E-state index contributed by atoms with van der Waals surface area (Å²) < 4.78 is 1.12. The summed E-state index contributed by atoms with van der Waals surface area (Å²) in [6, 6.07) is 0. The molecule has 2 heteroatoms. The van der Waals surface area contributed by atoms with Crippen molar-refractivity contribution in [2.24, 2.45) is 11.8 Å². The van der Waals surface area contributed by atoms with Crippen LogP contribution in [0.4, 0.5) is 0 Å². The van der Waals surface area contributed by atoms with Gasteiger partial charge < -0.3 is 12.9 Å². The molecule has 13 heavy (non-hydrogen) atoms. The van der Waals surface area contributed by atoms with Gasteiger partial charge in [-0.15, -0.1) is 4.05 Å². The molecule has 0 nitrogen and oxygen atoms in total. The first-order chi connectivity index (χ1) is 6.33. The van der Waals surface area contributed by atoms with E-state index in [0.717, 1.165) is 15.9 Å². The largest absolute Gasteiger partial charge is 0.472 e. The van der Waals surface area contributed by atoms with Crippen LogP contribution in [0.3, 0.4) is 0 Å². The van der Waals surface area contributed by atoms with E-state index in [-0.39, 0.29) is 18.2 Å². The van der Waals surface area contributed by atoms with E-state index in [1.54, 1.807) is 0 Å². The SMILES string of the molecule is CCCCC1CCC(CC)[CH]1[Mg][Br]. The molecule has 1 saturated carbocycles. The minimum Gasteiger partial charge on any atom is -0.306 e. The molecule has 1 fully saturated rings. The monoisotopic (exact) mass is 256 g/mol. The van der Waals surface area contributed by atoms with Crippen molar-refractivity contribution in [3.05, 3.63) is 0 Å². The van der Waals surface area contributed by atoms with E-state index in [0.29, 0.717) is 0 Å². The maximum atomic E-state index is 3.83. The second-order valence-electron chi connectivity index (χ2n) is 4.47. The van der Waals surface area contributed by atoms with Crippen LogP contribution >= 0.6 is 12.9 Å². The van der Waals surface area contributed by atoms with Gasteiger partial charge in [-0.2, -0.15) is 0 Å². The van der Waals surface area contributed by atoms with Crippen LogP contribution in [0.5, 0.6) is 0 Å². The highest BCUT2D eigenvalue weighted by Gasteiger charge is 2.33. The van der Waals surface area contributed by atoms with Crippen molar-refractivity contribution in [3.63, 3.8) is 0 Å². The van der Waals surface area contributed by atoms with Crippen LogP contribution in [0.1, 0.15) is 52.4 Å². The van der Waals surface area contributed by atoms with Gasteiger partial charge >= 0.3 is 18.2 Å². The van der Waals surface area contributed by atoms with Crippen LogP contribution in [0.2, 0.25) is 4.05 Å². The minimum absolute atomic E-state index is 0.0691. The Hall–Kier alpha value is 1.25. The fraction of sp³-hybridized carbons (Fsp3) is 1.00. The smallest absolute Gasteiger partial charge is 0.306 e. The van der Waals surface area contributed by atoms with Gasteiger partial charge in [-0.1, -0.05) is 64.2 Å². The van der Waals surface area contributed by atoms with Crippen LogP contribution in [0.15, 0.2) is 0 Å². The summed E-state index contributed by atoms with van der Waals surface area (Å²) in [7, 11) is 0. The van der Waals surface area contributed by atoms with Crippen molar-refractivity contribution < 1.29 is 0 Å². The Bertz CT molecular complexity index is 138. The molecule has 0 aromatic rings. The highest BCUT2D eigenvalue weighted by molar-refractivity contribution is 9.23. The maximum Gasteiger partial charge on any atom is 0.472 e. The number of unbranched alkanes of at least 4 members (excludes halogenated alkanes) is 1. The molecular weight excluding hydrogens is 236 g/mol. The average molecular weight is 257 g/mol. The highest BCUT2D eigenvalue weighted by atomic mass is 79.9. The van der Waals surface area contributed by atoms with Gasteiger partial charge in [-0.3, -0.25) is 0 Å². The van der Waals surface area contributed by atoms with E-state index in [9.17, 15) is 0 Å². The normalized spacial score (nSPS) is 33.3. The highest BCUT2D eigenvalue weighted by Crippen LogP contribution is 2.45. The minimum atomic E-state index is 0.0691. The number of halogens is 1. The first kappa shape index (κ1) is 12.3. The Labute approximate surface area is 98.8 Å². The van der Waals surface area contributed by atoms with Crippen molar-refractivity contribution in [3.8, 4) is 0 Å². The molecule has 0 bridgehead atoms. The molecule has 3 unspecified atom stereocenters. The van der Waals surface area contributed by atoms with Gasteiger partial charge in [0.05, 0.1) is 0 Å². The lowest BCUT2D eigenvalue weighted by Crippen LogP contribution is -2.12. The summed E-state index contributed by atoms with van der Waals surface area (Å²) in [4.78, 5) is 0. The lowest BCUT2D eigenvalue weighted by molar-refractivity contribution is 0.443. The van der Waals surface area contributed by atoms with Crippen molar-refractivity contribution in [1.29, 1.82) is 0 Å². The molecule has 1 aliphatic carbocycles. The van der Waals surface area contributed by atoms with E-state index >= 15 is 0 Å². The third kappa shape index (κ3) is 3.39. The third-order valence-corrected chi connectivity index (χ3v) is 7.68. The standard InChI is InChI=1S/C11H21.BrH.Mg/c1-3-5-6-11-8-7-10(4-2)9-11;;/h9-11H,3-8H2,1-2H3;1H;/q;;+1/p-1.